The van der Waals surface area contributed by atoms with E-state index in [1.54, 1.807) is 6.21 Å². The number of phenolic OH excluding ortho intramolecular Hbond substituents is 1. The fourth-order valence-corrected chi connectivity index (χ4v) is 3.89. The molecule has 0 aliphatic carbocycles. The summed E-state index contributed by atoms with van der Waals surface area (Å²) in [5, 5.41) is 14.0. The average Bonchev–Trinajstić information content (AvgIpc) is 2.82. The van der Waals surface area contributed by atoms with Crippen LogP contribution >= 0.6 is 45.2 Å². The maximum Gasteiger partial charge on any atom is 0.224 e. The Morgan fingerprint density at radius 2 is 1.91 bits per heavy atom. The van der Waals surface area contributed by atoms with Gasteiger partial charge in [-0.2, -0.15) is 5.10 Å². The molecule has 7 heteroatoms. The van der Waals surface area contributed by atoms with Crippen molar-refractivity contribution in [3.63, 3.8) is 0 Å². The monoisotopic (exact) mass is 518 g/mol. The molecule has 0 aliphatic rings. The topological polar surface area (TPSA) is 62.4 Å². The Morgan fingerprint density at radius 1 is 1.23 bits per heavy atom. The number of imidazole rings is 1. The van der Waals surface area contributed by atoms with Gasteiger partial charge in [-0.3, -0.25) is 0 Å². The number of aryl methyl sites for hydroxylation is 1. The number of hydrogen-bond acceptors (Lipinski definition) is 4. The zero-order valence-electron chi connectivity index (χ0n) is 11.6. The zero-order chi connectivity index (χ0) is 15.7. The minimum atomic E-state index is 0.307. The van der Waals surface area contributed by atoms with Gasteiger partial charge in [0.2, 0.25) is 5.95 Å². The largest absolute Gasteiger partial charge is 0.506 e. The highest BCUT2D eigenvalue weighted by atomic mass is 127. The summed E-state index contributed by atoms with van der Waals surface area (Å²) in [4.78, 5) is 4.49. The number of halogens is 2. The van der Waals surface area contributed by atoms with Gasteiger partial charge in [0.1, 0.15) is 5.75 Å². The van der Waals surface area contributed by atoms with Crippen LogP contribution in [0.2, 0.25) is 0 Å². The number of para-hydroxylation sites is 2. The molecule has 0 atom stereocenters. The number of aromatic nitrogens is 2. The number of hydrazone groups is 1. The molecule has 22 heavy (non-hydrogen) atoms. The van der Waals surface area contributed by atoms with Crippen molar-refractivity contribution in [1.82, 2.24) is 9.55 Å². The molecule has 0 unspecified atom stereocenters. The Labute approximate surface area is 154 Å². The summed E-state index contributed by atoms with van der Waals surface area (Å²) >= 11 is 4.20. The number of aromatic hydroxyl groups is 1. The third-order valence-corrected chi connectivity index (χ3v) is 4.85. The van der Waals surface area contributed by atoms with Gasteiger partial charge in [-0.1, -0.05) is 12.1 Å². The fraction of sp³-hybridized carbons (Fsp3) is 0.0667. The van der Waals surface area contributed by atoms with Gasteiger partial charge in [0.25, 0.3) is 0 Å². The SMILES string of the molecule is Cn1c(N/N=C\c2cc(I)c(O)c(I)c2)nc2ccccc21. The number of benzene rings is 2. The molecular formula is C15H12I2N4O. The van der Waals surface area contributed by atoms with Crippen LogP contribution in [0.25, 0.3) is 11.0 Å². The normalized spacial score (nSPS) is 11.4. The van der Waals surface area contributed by atoms with E-state index in [2.05, 4.69) is 60.7 Å². The molecule has 0 bridgehead atoms. The molecule has 2 N–H and O–H groups in total. The van der Waals surface area contributed by atoms with Gasteiger partial charge in [0, 0.05) is 7.05 Å². The number of nitrogens with zero attached hydrogens (tertiary/aromatic N) is 3. The van der Waals surface area contributed by atoms with Crippen LogP contribution in [0.4, 0.5) is 5.95 Å². The van der Waals surface area contributed by atoms with Gasteiger partial charge >= 0.3 is 0 Å². The zero-order valence-corrected chi connectivity index (χ0v) is 15.9. The first-order chi connectivity index (χ1) is 10.6. The second-order valence-electron chi connectivity index (χ2n) is 4.69. The van der Waals surface area contributed by atoms with Crippen LogP contribution in [-0.2, 0) is 7.05 Å². The molecule has 2 aromatic carbocycles. The summed E-state index contributed by atoms with van der Waals surface area (Å²) < 4.78 is 3.55. The number of phenols is 1. The summed E-state index contributed by atoms with van der Waals surface area (Å²) in [6.07, 6.45) is 1.71. The van der Waals surface area contributed by atoms with Crippen LogP contribution in [0.15, 0.2) is 41.5 Å². The molecule has 1 heterocycles. The molecule has 1 aromatic heterocycles. The summed E-state index contributed by atoms with van der Waals surface area (Å²) in [5.74, 6) is 0.988. The quantitative estimate of drug-likeness (QED) is 0.314. The predicted octanol–water partition coefficient (Wildman–Crippen LogP) is 3.93. The fourth-order valence-electron chi connectivity index (χ4n) is 2.07. The number of nitrogens with one attached hydrogen (secondary N) is 1. The lowest BCUT2D eigenvalue weighted by Gasteiger charge is -2.03. The number of rotatable bonds is 3. The van der Waals surface area contributed by atoms with Crippen LogP contribution in [0.3, 0.4) is 0 Å². The third kappa shape index (κ3) is 3.05. The Bertz CT molecular complexity index is 850. The van der Waals surface area contributed by atoms with Crippen molar-refractivity contribution in [2.45, 2.75) is 0 Å². The van der Waals surface area contributed by atoms with Gasteiger partial charge < -0.3 is 9.67 Å². The Kier molecular flexibility index (Phi) is 4.52. The first-order valence-corrected chi connectivity index (χ1v) is 8.60. The van der Waals surface area contributed by atoms with E-state index in [4.69, 9.17) is 0 Å². The number of fused-ring (bicyclic) bond motifs is 1. The van der Waals surface area contributed by atoms with E-state index in [-0.39, 0.29) is 0 Å². The van der Waals surface area contributed by atoms with Gasteiger partial charge in [-0.25, -0.2) is 10.4 Å². The molecule has 0 saturated heterocycles. The molecule has 0 radical (unpaired) electrons. The first kappa shape index (κ1) is 15.5. The van der Waals surface area contributed by atoms with Crippen molar-refractivity contribution in [3.05, 3.63) is 49.1 Å². The van der Waals surface area contributed by atoms with E-state index in [9.17, 15) is 5.11 Å². The van der Waals surface area contributed by atoms with Crippen molar-refractivity contribution >= 4 is 68.4 Å². The smallest absolute Gasteiger partial charge is 0.224 e. The average molecular weight is 518 g/mol. The van der Waals surface area contributed by atoms with Crippen LogP contribution < -0.4 is 5.43 Å². The molecule has 0 spiro atoms. The van der Waals surface area contributed by atoms with E-state index < -0.39 is 0 Å². The lowest BCUT2D eigenvalue weighted by Crippen LogP contribution is -1.99. The maximum absolute atomic E-state index is 9.76. The molecule has 0 saturated carbocycles. The van der Waals surface area contributed by atoms with Crippen molar-refractivity contribution in [1.29, 1.82) is 0 Å². The van der Waals surface area contributed by atoms with Gasteiger partial charge in [-0.05, 0) is 75.0 Å². The van der Waals surface area contributed by atoms with Crippen molar-refractivity contribution in [2.24, 2.45) is 12.1 Å². The Morgan fingerprint density at radius 3 is 2.59 bits per heavy atom. The third-order valence-electron chi connectivity index (χ3n) is 3.20. The van der Waals surface area contributed by atoms with Gasteiger partial charge in [0.05, 0.1) is 24.4 Å². The van der Waals surface area contributed by atoms with Crippen LogP contribution in [0.1, 0.15) is 5.56 Å². The van der Waals surface area contributed by atoms with E-state index in [1.165, 1.54) is 0 Å². The maximum atomic E-state index is 9.76. The van der Waals surface area contributed by atoms with Crippen molar-refractivity contribution < 1.29 is 5.11 Å². The molecule has 3 rings (SSSR count). The van der Waals surface area contributed by atoms with Crippen LogP contribution in [0, 0.1) is 7.14 Å². The van der Waals surface area contributed by atoms with Crippen molar-refractivity contribution in [2.75, 3.05) is 5.43 Å². The lowest BCUT2D eigenvalue weighted by atomic mass is 10.2. The minimum Gasteiger partial charge on any atom is -0.506 e. The Balaban J connectivity index is 1.83. The van der Waals surface area contributed by atoms with Crippen LogP contribution in [-0.4, -0.2) is 20.9 Å². The number of hydrogen-bond donors (Lipinski definition) is 2. The molecule has 0 fully saturated rings. The van der Waals surface area contributed by atoms with Gasteiger partial charge in [-0.15, -0.1) is 0 Å². The van der Waals surface area contributed by atoms with E-state index in [1.807, 2.05) is 48.0 Å². The highest BCUT2D eigenvalue weighted by molar-refractivity contribution is 14.1. The lowest BCUT2D eigenvalue weighted by molar-refractivity contribution is 0.467. The molecular weight excluding hydrogens is 506 g/mol. The number of anilines is 1. The summed E-state index contributed by atoms with van der Waals surface area (Å²) in [5.41, 5.74) is 5.85. The van der Waals surface area contributed by atoms with Crippen LogP contribution in [0.5, 0.6) is 5.75 Å². The summed E-state index contributed by atoms with van der Waals surface area (Å²) in [7, 11) is 1.94. The van der Waals surface area contributed by atoms with E-state index in [0.717, 1.165) is 23.7 Å². The second-order valence-corrected chi connectivity index (χ2v) is 7.01. The predicted molar refractivity (Wildman–Crippen MR) is 105 cm³/mol. The molecule has 0 amide bonds. The molecule has 3 aromatic rings. The minimum absolute atomic E-state index is 0.307. The summed E-state index contributed by atoms with van der Waals surface area (Å²) in [6, 6.07) is 11.7. The molecule has 5 nitrogen and oxygen atoms in total. The van der Waals surface area contributed by atoms with Crippen molar-refractivity contribution in [3.8, 4) is 5.75 Å². The van der Waals surface area contributed by atoms with Gasteiger partial charge in [0.15, 0.2) is 0 Å². The van der Waals surface area contributed by atoms with E-state index >= 15 is 0 Å². The standard InChI is InChI=1S/C15H12I2N4O/c1-21-13-5-3-2-4-12(13)19-15(21)20-18-8-9-6-10(16)14(22)11(17)7-9/h2-8,22H,1H3,(H,19,20)/b18-8-. The highest BCUT2D eigenvalue weighted by Crippen LogP contribution is 2.26. The highest BCUT2D eigenvalue weighted by Gasteiger charge is 2.06. The molecule has 112 valence electrons. The first-order valence-electron chi connectivity index (χ1n) is 6.45. The van der Waals surface area contributed by atoms with E-state index in [0.29, 0.717) is 11.7 Å². The second kappa shape index (κ2) is 6.41. The Hall–Kier alpha value is -1.36. The molecule has 0 aliphatic heterocycles. The summed E-state index contributed by atoms with van der Waals surface area (Å²) in [6.45, 7) is 0.